The van der Waals surface area contributed by atoms with E-state index in [1.165, 1.54) is 22.2 Å². The third-order valence-corrected chi connectivity index (χ3v) is 6.58. The van der Waals surface area contributed by atoms with E-state index in [2.05, 4.69) is 41.1 Å². The quantitative estimate of drug-likeness (QED) is 0.906. The van der Waals surface area contributed by atoms with E-state index in [1.807, 2.05) is 0 Å². The number of nitrogens with zero attached hydrogens (tertiary/aromatic N) is 1. The van der Waals surface area contributed by atoms with Crippen molar-refractivity contribution in [3.63, 3.8) is 0 Å². The van der Waals surface area contributed by atoms with E-state index in [1.54, 1.807) is 0 Å². The summed E-state index contributed by atoms with van der Waals surface area (Å²) in [5.74, 6) is 1.03. The number of ether oxygens (including phenoxy) is 1. The van der Waals surface area contributed by atoms with Crippen LogP contribution in [0.25, 0.3) is 10.9 Å². The molecule has 5 rings (SSSR count). The fourth-order valence-electron chi connectivity index (χ4n) is 5.35. The lowest BCUT2D eigenvalue weighted by atomic mass is 9.85. The Morgan fingerprint density at radius 1 is 1.16 bits per heavy atom. The number of piperidine rings is 1. The van der Waals surface area contributed by atoms with Crippen molar-refractivity contribution in [1.29, 1.82) is 0 Å². The number of H-pyrrole nitrogens is 1. The van der Waals surface area contributed by atoms with Gasteiger partial charge in [0.25, 0.3) is 0 Å². The van der Waals surface area contributed by atoms with Gasteiger partial charge in [-0.2, -0.15) is 0 Å². The van der Waals surface area contributed by atoms with Crippen molar-refractivity contribution in [2.45, 2.75) is 57.2 Å². The number of aryl methyl sites for hydroxylation is 1. The lowest BCUT2D eigenvalue weighted by Crippen LogP contribution is -2.43. The number of fused-ring (bicyclic) bond motifs is 3. The number of amides is 1. The van der Waals surface area contributed by atoms with Crippen LogP contribution in [0.4, 0.5) is 0 Å². The van der Waals surface area contributed by atoms with Crippen LogP contribution >= 0.6 is 0 Å². The molecule has 0 radical (unpaired) electrons. The molecule has 3 aliphatic rings. The summed E-state index contributed by atoms with van der Waals surface area (Å²) < 4.78 is 5.89. The smallest absolute Gasteiger partial charge is 0.228 e. The van der Waals surface area contributed by atoms with Gasteiger partial charge in [-0.1, -0.05) is 18.2 Å². The minimum atomic E-state index is 0.130. The number of carbonyl (C=O) groups excluding carboxylic acids is 1. The van der Waals surface area contributed by atoms with Crippen molar-refractivity contribution in [1.82, 2.24) is 9.88 Å². The lowest BCUT2D eigenvalue weighted by Gasteiger charge is -2.35. The molecule has 2 aromatic rings. The molecule has 25 heavy (non-hydrogen) atoms. The Kier molecular flexibility index (Phi) is 3.63. The standard InChI is InChI=1S/C21H26N2O2/c1-13-20(16-4-2-3-5-18(16)22-13)14-8-10-23(11-9-14)21(24)17-12-15-6-7-19(17)25-15/h2-5,14-15,17,19,22H,6-12H2,1H3. The molecule has 3 saturated heterocycles. The first-order valence-electron chi connectivity index (χ1n) is 9.72. The third-order valence-electron chi connectivity index (χ3n) is 6.58. The molecule has 1 aromatic carbocycles. The number of para-hydroxylation sites is 1. The van der Waals surface area contributed by atoms with Gasteiger partial charge in [0.2, 0.25) is 5.91 Å². The minimum absolute atomic E-state index is 0.130. The Morgan fingerprint density at radius 3 is 2.68 bits per heavy atom. The molecule has 3 fully saturated rings. The molecular formula is C21H26N2O2. The average Bonchev–Trinajstić information content (AvgIpc) is 3.34. The van der Waals surface area contributed by atoms with E-state index in [0.717, 1.165) is 45.2 Å². The highest BCUT2D eigenvalue weighted by atomic mass is 16.5. The summed E-state index contributed by atoms with van der Waals surface area (Å²) in [6.45, 7) is 3.95. The third kappa shape index (κ3) is 2.50. The van der Waals surface area contributed by atoms with Crippen LogP contribution in [0.1, 0.15) is 49.3 Å². The van der Waals surface area contributed by atoms with E-state index in [0.29, 0.717) is 17.9 Å². The molecule has 3 aliphatic heterocycles. The summed E-state index contributed by atoms with van der Waals surface area (Å²) in [5.41, 5.74) is 3.98. The maximum Gasteiger partial charge on any atom is 0.228 e. The first-order valence-corrected chi connectivity index (χ1v) is 9.72. The molecule has 4 heteroatoms. The van der Waals surface area contributed by atoms with Gasteiger partial charge in [0.05, 0.1) is 18.1 Å². The summed E-state index contributed by atoms with van der Waals surface area (Å²) in [7, 11) is 0. The number of carbonyl (C=O) groups is 1. The zero-order chi connectivity index (χ0) is 17.0. The van der Waals surface area contributed by atoms with Crippen molar-refractivity contribution in [3.05, 3.63) is 35.5 Å². The Labute approximate surface area is 148 Å². The van der Waals surface area contributed by atoms with Crippen molar-refractivity contribution in [2.24, 2.45) is 5.92 Å². The Morgan fingerprint density at radius 2 is 1.96 bits per heavy atom. The van der Waals surface area contributed by atoms with Gasteiger partial charge in [-0.05, 0) is 56.6 Å². The maximum absolute atomic E-state index is 12.9. The van der Waals surface area contributed by atoms with E-state index >= 15 is 0 Å². The maximum atomic E-state index is 12.9. The fourth-order valence-corrected chi connectivity index (χ4v) is 5.35. The number of likely N-dealkylation sites (tertiary alicyclic amines) is 1. The highest BCUT2D eigenvalue weighted by Crippen LogP contribution is 2.41. The SMILES string of the molecule is Cc1[nH]c2ccccc2c1C1CCN(C(=O)C2CC3CCC2O3)CC1. The second-order valence-corrected chi connectivity index (χ2v) is 8.02. The second kappa shape index (κ2) is 5.87. The Balaban J connectivity index is 1.29. The van der Waals surface area contributed by atoms with Crippen LogP contribution in [-0.4, -0.2) is 41.1 Å². The number of hydrogen-bond acceptors (Lipinski definition) is 2. The zero-order valence-electron chi connectivity index (χ0n) is 14.8. The zero-order valence-corrected chi connectivity index (χ0v) is 14.8. The van der Waals surface area contributed by atoms with Crippen molar-refractivity contribution >= 4 is 16.8 Å². The van der Waals surface area contributed by atoms with E-state index < -0.39 is 0 Å². The number of aromatic nitrogens is 1. The highest BCUT2D eigenvalue weighted by Gasteiger charge is 2.46. The number of rotatable bonds is 2. The molecule has 2 bridgehead atoms. The molecular weight excluding hydrogens is 312 g/mol. The second-order valence-electron chi connectivity index (χ2n) is 8.02. The van der Waals surface area contributed by atoms with Gasteiger partial charge >= 0.3 is 0 Å². The molecule has 1 amide bonds. The molecule has 1 N–H and O–H groups in total. The van der Waals surface area contributed by atoms with Gasteiger partial charge in [-0.3, -0.25) is 4.79 Å². The van der Waals surface area contributed by atoms with Crippen LogP contribution in [-0.2, 0) is 9.53 Å². The summed E-state index contributed by atoms with van der Waals surface area (Å²) in [6.07, 6.45) is 5.86. The molecule has 3 atom stereocenters. The van der Waals surface area contributed by atoms with Crippen LogP contribution in [0.15, 0.2) is 24.3 Å². The molecule has 0 saturated carbocycles. The number of benzene rings is 1. The monoisotopic (exact) mass is 338 g/mol. The number of nitrogens with one attached hydrogen (secondary N) is 1. The van der Waals surface area contributed by atoms with Gasteiger partial charge in [-0.15, -0.1) is 0 Å². The lowest BCUT2D eigenvalue weighted by molar-refractivity contribution is -0.138. The van der Waals surface area contributed by atoms with Crippen LogP contribution in [0.2, 0.25) is 0 Å². The van der Waals surface area contributed by atoms with Gasteiger partial charge in [-0.25, -0.2) is 0 Å². The van der Waals surface area contributed by atoms with Gasteiger partial charge < -0.3 is 14.6 Å². The van der Waals surface area contributed by atoms with Gasteiger partial charge in [0.1, 0.15) is 0 Å². The topological polar surface area (TPSA) is 45.3 Å². The number of hydrogen-bond donors (Lipinski definition) is 1. The van der Waals surface area contributed by atoms with E-state index in [4.69, 9.17) is 4.74 Å². The fraction of sp³-hybridized carbons (Fsp3) is 0.571. The first-order chi connectivity index (χ1) is 12.2. The van der Waals surface area contributed by atoms with Gasteiger partial charge in [0.15, 0.2) is 0 Å². The molecule has 4 heterocycles. The summed E-state index contributed by atoms with van der Waals surface area (Å²) in [4.78, 5) is 18.5. The minimum Gasteiger partial charge on any atom is -0.374 e. The summed E-state index contributed by atoms with van der Waals surface area (Å²) in [5, 5.41) is 1.35. The molecule has 0 aliphatic carbocycles. The predicted octanol–water partition coefficient (Wildman–Crippen LogP) is 3.75. The Hall–Kier alpha value is -1.81. The van der Waals surface area contributed by atoms with Crippen molar-refractivity contribution in [3.8, 4) is 0 Å². The Bertz CT molecular complexity index is 803. The molecule has 3 unspecified atom stereocenters. The van der Waals surface area contributed by atoms with Crippen LogP contribution in [0.5, 0.6) is 0 Å². The predicted molar refractivity (Wildman–Crippen MR) is 97.6 cm³/mol. The van der Waals surface area contributed by atoms with Crippen LogP contribution in [0.3, 0.4) is 0 Å². The average molecular weight is 338 g/mol. The van der Waals surface area contributed by atoms with Crippen molar-refractivity contribution < 1.29 is 9.53 Å². The molecule has 4 nitrogen and oxygen atoms in total. The van der Waals surface area contributed by atoms with Gasteiger partial charge in [0, 0.05) is 29.7 Å². The summed E-state index contributed by atoms with van der Waals surface area (Å²) in [6, 6.07) is 8.57. The molecule has 1 aromatic heterocycles. The van der Waals surface area contributed by atoms with Crippen LogP contribution in [0, 0.1) is 12.8 Å². The highest BCUT2D eigenvalue weighted by molar-refractivity contribution is 5.85. The van der Waals surface area contributed by atoms with E-state index in [-0.39, 0.29) is 12.0 Å². The van der Waals surface area contributed by atoms with Crippen molar-refractivity contribution in [2.75, 3.05) is 13.1 Å². The normalized spacial score (nSPS) is 29.6. The number of aromatic amines is 1. The van der Waals surface area contributed by atoms with E-state index in [9.17, 15) is 4.79 Å². The summed E-state index contributed by atoms with van der Waals surface area (Å²) >= 11 is 0. The van der Waals surface area contributed by atoms with Crippen LogP contribution < -0.4 is 0 Å². The molecule has 0 spiro atoms. The first kappa shape index (κ1) is 15.4. The largest absolute Gasteiger partial charge is 0.374 e. The molecule has 132 valence electrons.